The van der Waals surface area contributed by atoms with Crippen LogP contribution in [-0.4, -0.2) is 35.2 Å². The fourth-order valence-electron chi connectivity index (χ4n) is 3.24. The topological polar surface area (TPSA) is 49.3 Å². The summed E-state index contributed by atoms with van der Waals surface area (Å²) in [5.41, 5.74) is -0.306. The SMILES string of the molecule is CSCC[C@@](C)(O)CNC(=O)C1(c2ccc(Cl)cc2)CCCC1. The van der Waals surface area contributed by atoms with Crippen LogP contribution in [0.5, 0.6) is 0 Å². The molecule has 1 aromatic carbocycles. The highest BCUT2D eigenvalue weighted by Crippen LogP contribution is 2.41. The lowest BCUT2D eigenvalue weighted by molar-refractivity contribution is -0.127. The van der Waals surface area contributed by atoms with Gasteiger partial charge >= 0.3 is 0 Å². The van der Waals surface area contributed by atoms with E-state index in [1.807, 2.05) is 30.5 Å². The first kappa shape index (κ1) is 18.6. The second-order valence-electron chi connectivity index (χ2n) is 6.72. The molecule has 0 aliphatic heterocycles. The molecule has 0 heterocycles. The zero-order valence-corrected chi connectivity index (χ0v) is 15.5. The number of carbonyl (C=O) groups is 1. The van der Waals surface area contributed by atoms with Gasteiger partial charge in [0.2, 0.25) is 5.91 Å². The Kier molecular flexibility index (Phi) is 6.40. The summed E-state index contributed by atoms with van der Waals surface area (Å²) in [4.78, 5) is 12.9. The van der Waals surface area contributed by atoms with Gasteiger partial charge in [0.1, 0.15) is 0 Å². The molecule has 2 rings (SSSR count). The normalized spacial score (nSPS) is 19.3. The van der Waals surface area contributed by atoms with Gasteiger partial charge in [0.25, 0.3) is 0 Å². The third kappa shape index (κ3) is 4.65. The van der Waals surface area contributed by atoms with Crippen molar-refractivity contribution in [2.45, 2.75) is 50.0 Å². The summed E-state index contributed by atoms with van der Waals surface area (Å²) >= 11 is 7.68. The average Bonchev–Trinajstić information content (AvgIpc) is 3.02. The highest BCUT2D eigenvalue weighted by atomic mass is 35.5. The van der Waals surface area contributed by atoms with Gasteiger partial charge in [-0.1, -0.05) is 36.6 Å². The number of nitrogens with one attached hydrogen (secondary N) is 1. The standard InChI is InChI=1S/C18H26ClNO2S/c1-17(22,11-12-23-2)13-20-16(21)18(9-3-4-10-18)14-5-7-15(19)8-6-14/h5-8,22H,3-4,9-13H2,1-2H3,(H,20,21)/t17-/m1/s1. The summed E-state index contributed by atoms with van der Waals surface area (Å²) in [5.74, 6) is 0.910. The number of hydrogen-bond donors (Lipinski definition) is 2. The lowest BCUT2D eigenvalue weighted by atomic mass is 9.78. The number of amides is 1. The molecule has 1 atom stereocenters. The third-order valence-corrected chi connectivity index (χ3v) is 5.63. The van der Waals surface area contributed by atoms with Crippen molar-refractivity contribution in [1.82, 2.24) is 5.32 Å². The minimum absolute atomic E-state index is 0.0294. The van der Waals surface area contributed by atoms with E-state index in [4.69, 9.17) is 11.6 Å². The minimum atomic E-state index is -0.863. The summed E-state index contributed by atoms with van der Waals surface area (Å²) in [6.07, 6.45) is 6.50. The van der Waals surface area contributed by atoms with E-state index in [9.17, 15) is 9.90 Å². The zero-order chi connectivity index (χ0) is 16.9. The van der Waals surface area contributed by atoms with Gasteiger partial charge in [-0.05, 0) is 55.9 Å². The van der Waals surface area contributed by atoms with Crippen LogP contribution in [0.3, 0.4) is 0 Å². The van der Waals surface area contributed by atoms with Gasteiger partial charge < -0.3 is 10.4 Å². The van der Waals surface area contributed by atoms with E-state index in [2.05, 4.69) is 5.32 Å². The molecule has 1 saturated carbocycles. The molecule has 3 nitrogen and oxygen atoms in total. The van der Waals surface area contributed by atoms with Crippen molar-refractivity contribution in [2.75, 3.05) is 18.6 Å². The van der Waals surface area contributed by atoms with Gasteiger partial charge in [-0.2, -0.15) is 11.8 Å². The molecule has 0 saturated heterocycles. The largest absolute Gasteiger partial charge is 0.388 e. The second-order valence-corrected chi connectivity index (χ2v) is 8.14. The molecule has 2 N–H and O–H groups in total. The highest BCUT2D eigenvalue weighted by Gasteiger charge is 2.43. The summed E-state index contributed by atoms with van der Waals surface area (Å²) in [6.45, 7) is 2.08. The van der Waals surface area contributed by atoms with Crippen LogP contribution in [0.4, 0.5) is 0 Å². The van der Waals surface area contributed by atoms with E-state index in [-0.39, 0.29) is 5.91 Å². The molecule has 0 unspecified atom stereocenters. The Labute approximate surface area is 148 Å². The first-order valence-corrected chi connectivity index (χ1v) is 9.92. The van der Waals surface area contributed by atoms with E-state index in [1.165, 1.54) is 0 Å². The maximum atomic E-state index is 12.9. The summed E-state index contributed by atoms with van der Waals surface area (Å²) < 4.78 is 0. The maximum absolute atomic E-state index is 12.9. The molecule has 0 spiro atoms. The molecule has 1 aromatic rings. The average molecular weight is 356 g/mol. The van der Waals surface area contributed by atoms with E-state index in [0.29, 0.717) is 18.0 Å². The fraction of sp³-hybridized carbons (Fsp3) is 0.611. The Morgan fingerprint density at radius 1 is 1.35 bits per heavy atom. The van der Waals surface area contributed by atoms with Gasteiger partial charge in [-0.3, -0.25) is 4.79 Å². The van der Waals surface area contributed by atoms with Gasteiger partial charge in [0.15, 0.2) is 0 Å². The van der Waals surface area contributed by atoms with Crippen LogP contribution in [0.25, 0.3) is 0 Å². The maximum Gasteiger partial charge on any atom is 0.230 e. The number of hydrogen-bond acceptors (Lipinski definition) is 3. The van der Waals surface area contributed by atoms with Crippen LogP contribution < -0.4 is 5.32 Å². The van der Waals surface area contributed by atoms with E-state index in [0.717, 1.165) is 37.0 Å². The Morgan fingerprint density at radius 3 is 2.52 bits per heavy atom. The molecule has 1 amide bonds. The smallest absolute Gasteiger partial charge is 0.230 e. The number of halogens is 1. The van der Waals surface area contributed by atoms with E-state index < -0.39 is 11.0 Å². The molecule has 0 aromatic heterocycles. The molecule has 0 bridgehead atoms. The van der Waals surface area contributed by atoms with Crippen molar-refractivity contribution in [3.63, 3.8) is 0 Å². The van der Waals surface area contributed by atoms with Crippen LogP contribution in [-0.2, 0) is 10.2 Å². The third-order valence-electron chi connectivity index (χ3n) is 4.76. The lowest BCUT2D eigenvalue weighted by Gasteiger charge is -2.31. The number of aliphatic hydroxyl groups is 1. The number of carbonyl (C=O) groups excluding carboxylic acids is 1. The fourth-order valence-corrected chi connectivity index (χ4v) is 4.01. The summed E-state index contributed by atoms with van der Waals surface area (Å²) in [6, 6.07) is 7.61. The van der Waals surface area contributed by atoms with Crippen LogP contribution in [0.15, 0.2) is 24.3 Å². The van der Waals surface area contributed by atoms with E-state index in [1.54, 1.807) is 18.7 Å². The quantitative estimate of drug-likeness (QED) is 0.782. The predicted octanol–water partition coefficient (Wildman–Crippen LogP) is 3.77. The molecule has 0 radical (unpaired) electrons. The summed E-state index contributed by atoms with van der Waals surface area (Å²) in [7, 11) is 0. The van der Waals surface area contributed by atoms with Crippen molar-refractivity contribution in [2.24, 2.45) is 0 Å². The van der Waals surface area contributed by atoms with Crippen molar-refractivity contribution in [3.8, 4) is 0 Å². The van der Waals surface area contributed by atoms with Crippen molar-refractivity contribution < 1.29 is 9.90 Å². The van der Waals surface area contributed by atoms with Gasteiger partial charge in [0.05, 0.1) is 11.0 Å². The highest BCUT2D eigenvalue weighted by molar-refractivity contribution is 7.98. The van der Waals surface area contributed by atoms with Gasteiger partial charge in [0, 0.05) is 11.6 Å². The molecule has 1 aliphatic rings. The monoisotopic (exact) mass is 355 g/mol. The van der Waals surface area contributed by atoms with Crippen molar-refractivity contribution >= 4 is 29.3 Å². The van der Waals surface area contributed by atoms with Crippen molar-refractivity contribution in [1.29, 1.82) is 0 Å². The Morgan fingerprint density at radius 2 is 1.96 bits per heavy atom. The molecule has 1 fully saturated rings. The first-order chi connectivity index (χ1) is 10.9. The van der Waals surface area contributed by atoms with E-state index >= 15 is 0 Å². The molecule has 1 aliphatic carbocycles. The number of benzene rings is 1. The predicted molar refractivity (Wildman–Crippen MR) is 98.2 cm³/mol. The van der Waals surface area contributed by atoms with Crippen molar-refractivity contribution in [3.05, 3.63) is 34.9 Å². The molecule has 23 heavy (non-hydrogen) atoms. The van der Waals surface area contributed by atoms with Crippen LogP contribution >= 0.6 is 23.4 Å². The van der Waals surface area contributed by atoms with Gasteiger partial charge in [-0.25, -0.2) is 0 Å². The van der Waals surface area contributed by atoms with Gasteiger partial charge in [-0.15, -0.1) is 0 Å². The molecular formula is C18H26ClNO2S. The lowest BCUT2D eigenvalue weighted by Crippen LogP contribution is -2.48. The van der Waals surface area contributed by atoms with Crippen LogP contribution in [0, 0.1) is 0 Å². The Balaban J connectivity index is 2.09. The second kappa shape index (κ2) is 7.91. The summed E-state index contributed by atoms with van der Waals surface area (Å²) in [5, 5.41) is 14.1. The van der Waals surface area contributed by atoms with Crippen LogP contribution in [0.2, 0.25) is 5.02 Å². The number of thioether (sulfide) groups is 1. The molecule has 5 heteroatoms. The Bertz CT molecular complexity index is 524. The first-order valence-electron chi connectivity index (χ1n) is 8.15. The zero-order valence-electron chi connectivity index (χ0n) is 13.9. The minimum Gasteiger partial charge on any atom is -0.388 e. The molecular weight excluding hydrogens is 330 g/mol. The molecule has 128 valence electrons. The Hall–Kier alpha value is -0.710. The number of rotatable bonds is 7. The van der Waals surface area contributed by atoms with Crippen LogP contribution in [0.1, 0.15) is 44.6 Å².